The normalized spacial score (nSPS) is 24.6. The lowest BCUT2D eigenvalue weighted by molar-refractivity contribution is -0.135. The van der Waals surface area contributed by atoms with Gasteiger partial charge in [0, 0.05) is 19.5 Å². The summed E-state index contributed by atoms with van der Waals surface area (Å²) < 4.78 is 0. The molecule has 1 aliphatic carbocycles. The monoisotopic (exact) mass is 241 g/mol. The summed E-state index contributed by atoms with van der Waals surface area (Å²) in [6.45, 7) is 2.60. The van der Waals surface area contributed by atoms with E-state index in [1.54, 1.807) is 0 Å². The van der Waals surface area contributed by atoms with Gasteiger partial charge < -0.3 is 16.0 Å². The standard InChI is InChI=1S/C13H27N3O/c1-15-8-3-9-16(2)13(17)12-6-4-11(10-14)5-7-12/h11-12,15H,3-10,14H2,1-2H3. The molecule has 0 spiro atoms. The Balaban J connectivity index is 2.27. The van der Waals surface area contributed by atoms with Crippen LogP contribution < -0.4 is 11.1 Å². The van der Waals surface area contributed by atoms with Gasteiger partial charge >= 0.3 is 0 Å². The zero-order chi connectivity index (χ0) is 12.7. The topological polar surface area (TPSA) is 58.4 Å². The Morgan fingerprint density at radius 1 is 1.35 bits per heavy atom. The number of nitrogens with two attached hydrogens (primary N) is 1. The number of carbonyl (C=O) groups is 1. The molecule has 1 aliphatic rings. The van der Waals surface area contributed by atoms with Crippen LogP contribution in [0, 0.1) is 11.8 Å². The Morgan fingerprint density at radius 3 is 2.53 bits per heavy atom. The molecule has 0 atom stereocenters. The third kappa shape index (κ3) is 4.64. The van der Waals surface area contributed by atoms with Crippen molar-refractivity contribution in [2.24, 2.45) is 17.6 Å². The summed E-state index contributed by atoms with van der Waals surface area (Å²) in [7, 11) is 3.86. The van der Waals surface area contributed by atoms with Crippen molar-refractivity contribution >= 4 is 5.91 Å². The van der Waals surface area contributed by atoms with E-state index in [4.69, 9.17) is 5.73 Å². The van der Waals surface area contributed by atoms with Crippen LogP contribution in [-0.2, 0) is 4.79 Å². The van der Waals surface area contributed by atoms with Crippen molar-refractivity contribution in [3.05, 3.63) is 0 Å². The van der Waals surface area contributed by atoms with E-state index >= 15 is 0 Å². The average molecular weight is 241 g/mol. The van der Waals surface area contributed by atoms with Crippen LogP contribution in [-0.4, -0.2) is 44.5 Å². The van der Waals surface area contributed by atoms with Gasteiger partial charge in [-0.3, -0.25) is 4.79 Å². The second-order valence-electron chi connectivity index (χ2n) is 5.17. The molecule has 3 N–H and O–H groups in total. The van der Waals surface area contributed by atoms with Gasteiger partial charge in [0.25, 0.3) is 0 Å². The molecule has 0 heterocycles. The maximum Gasteiger partial charge on any atom is 0.225 e. The zero-order valence-corrected chi connectivity index (χ0v) is 11.2. The first kappa shape index (κ1) is 14.5. The molecule has 1 rings (SSSR count). The zero-order valence-electron chi connectivity index (χ0n) is 11.2. The Labute approximate surface area is 105 Å². The van der Waals surface area contributed by atoms with Crippen molar-refractivity contribution in [3.8, 4) is 0 Å². The maximum atomic E-state index is 12.2. The summed E-state index contributed by atoms with van der Waals surface area (Å²) in [5.74, 6) is 1.22. The fourth-order valence-corrected chi connectivity index (χ4v) is 2.56. The van der Waals surface area contributed by atoms with Crippen molar-refractivity contribution in [1.29, 1.82) is 0 Å². The minimum Gasteiger partial charge on any atom is -0.345 e. The SMILES string of the molecule is CNCCCN(C)C(=O)C1CCC(CN)CC1. The van der Waals surface area contributed by atoms with Crippen molar-refractivity contribution in [1.82, 2.24) is 10.2 Å². The number of hydrogen-bond donors (Lipinski definition) is 2. The molecular weight excluding hydrogens is 214 g/mol. The van der Waals surface area contributed by atoms with Gasteiger partial charge in [-0.1, -0.05) is 0 Å². The average Bonchev–Trinajstić information content (AvgIpc) is 2.38. The fraction of sp³-hybridized carbons (Fsp3) is 0.923. The fourth-order valence-electron chi connectivity index (χ4n) is 2.56. The van der Waals surface area contributed by atoms with E-state index in [0.717, 1.165) is 51.7 Å². The summed E-state index contributed by atoms with van der Waals surface area (Å²) in [6.07, 6.45) is 5.32. The van der Waals surface area contributed by atoms with Gasteiger partial charge in [-0.2, -0.15) is 0 Å². The summed E-state index contributed by atoms with van der Waals surface area (Å²) in [4.78, 5) is 14.1. The first-order valence-corrected chi connectivity index (χ1v) is 6.78. The van der Waals surface area contributed by atoms with Gasteiger partial charge in [-0.15, -0.1) is 0 Å². The Kier molecular flexibility index (Phi) is 6.52. The second kappa shape index (κ2) is 7.67. The van der Waals surface area contributed by atoms with Gasteiger partial charge in [0.2, 0.25) is 5.91 Å². The van der Waals surface area contributed by atoms with Gasteiger partial charge in [-0.25, -0.2) is 0 Å². The predicted molar refractivity (Wildman–Crippen MR) is 70.7 cm³/mol. The molecule has 4 heteroatoms. The van der Waals surface area contributed by atoms with Crippen LogP contribution in [0.25, 0.3) is 0 Å². The largest absolute Gasteiger partial charge is 0.345 e. The van der Waals surface area contributed by atoms with Crippen molar-refractivity contribution in [2.45, 2.75) is 32.1 Å². The van der Waals surface area contributed by atoms with Crippen LogP contribution in [0.2, 0.25) is 0 Å². The van der Waals surface area contributed by atoms with Crippen LogP contribution in [0.3, 0.4) is 0 Å². The molecular formula is C13H27N3O. The van der Waals surface area contributed by atoms with Gasteiger partial charge in [0.15, 0.2) is 0 Å². The summed E-state index contributed by atoms with van der Waals surface area (Å²) >= 11 is 0. The quantitative estimate of drug-likeness (QED) is 0.677. The molecule has 0 aromatic rings. The Morgan fingerprint density at radius 2 is 2.00 bits per heavy atom. The lowest BCUT2D eigenvalue weighted by Gasteiger charge is -2.30. The third-order valence-electron chi connectivity index (χ3n) is 3.83. The number of nitrogens with zero attached hydrogens (tertiary/aromatic N) is 1. The van der Waals surface area contributed by atoms with Crippen molar-refractivity contribution < 1.29 is 4.79 Å². The van der Waals surface area contributed by atoms with Gasteiger partial charge in [0.05, 0.1) is 0 Å². The van der Waals surface area contributed by atoms with E-state index in [-0.39, 0.29) is 5.92 Å². The third-order valence-corrected chi connectivity index (χ3v) is 3.83. The van der Waals surface area contributed by atoms with Crippen LogP contribution >= 0.6 is 0 Å². The minimum atomic E-state index is 0.248. The molecule has 0 saturated heterocycles. The van der Waals surface area contributed by atoms with Gasteiger partial charge in [0.1, 0.15) is 0 Å². The highest BCUT2D eigenvalue weighted by Crippen LogP contribution is 2.29. The Hall–Kier alpha value is -0.610. The van der Waals surface area contributed by atoms with E-state index in [0.29, 0.717) is 11.8 Å². The maximum absolute atomic E-state index is 12.2. The lowest BCUT2D eigenvalue weighted by atomic mass is 9.81. The summed E-state index contributed by atoms with van der Waals surface area (Å²) in [5, 5.41) is 3.10. The van der Waals surface area contributed by atoms with Crippen LogP contribution in [0.1, 0.15) is 32.1 Å². The van der Waals surface area contributed by atoms with E-state index in [2.05, 4.69) is 5.32 Å². The number of rotatable bonds is 6. The molecule has 1 fully saturated rings. The molecule has 0 aliphatic heterocycles. The van der Waals surface area contributed by atoms with Crippen molar-refractivity contribution in [2.75, 3.05) is 33.7 Å². The lowest BCUT2D eigenvalue weighted by Crippen LogP contribution is -2.37. The number of nitrogens with one attached hydrogen (secondary N) is 1. The minimum absolute atomic E-state index is 0.248. The molecule has 0 bridgehead atoms. The first-order chi connectivity index (χ1) is 8.19. The van der Waals surface area contributed by atoms with E-state index in [1.165, 1.54) is 0 Å². The molecule has 0 unspecified atom stereocenters. The Bertz CT molecular complexity index is 225. The summed E-state index contributed by atoms with van der Waals surface area (Å²) in [6, 6.07) is 0. The highest BCUT2D eigenvalue weighted by atomic mass is 16.2. The smallest absolute Gasteiger partial charge is 0.225 e. The highest BCUT2D eigenvalue weighted by Gasteiger charge is 2.27. The number of hydrogen-bond acceptors (Lipinski definition) is 3. The summed E-state index contributed by atoms with van der Waals surface area (Å²) in [5.41, 5.74) is 5.66. The van der Waals surface area contributed by atoms with Crippen LogP contribution in [0.5, 0.6) is 0 Å². The number of amides is 1. The van der Waals surface area contributed by atoms with E-state index in [1.807, 2.05) is 19.0 Å². The molecule has 4 nitrogen and oxygen atoms in total. The first-order valence-electron chi connectivity index (χ1n) is 6.78. The predicted octanol–water partition coefficient (Wildman–Crippen LogP) is 0.819. The molecule has 17 heavy (non-hydrogen) atoms. The molecule has 1 saturated carbocycles. The second-order valence-corrected chi connectivity index (χ2v) is 5.17. The molecule has 0 aromatic heterocycles. The van der Waals surface area contributed by atoms with Gasteiger partial charge in [-0.05, 0) is 58.2 Å². The molecule has 0 radical (unpaired) electrons. The highest BCUT2D eigenvalue weighted by molar-refractivity contribution is 5.78. The van der Waals surface area contributed by atoms with Crippen LogP contribution in [0.4, 0.5) is 0 Å². The number of carbonyl (C=O) groups excluding carboxylic acids is 1. The van der Waals surface area contributed by atoms with Crippen LogP contribution in [0.15, 0.2) is 0 Å². The molecule has 100 valence electrons. The van der Waals surface area contributed by atoms with E-state index < -0.39 is 0 Å². The van der Waals surface area contributed by atoms with E-state index in [9.17, 15) is 4.79 Å². The molecule has 1 amide bonds. The van der Waals surface area contributed by atoms with Crippen molar-refractivity contribution in [3.63, 3.8) is 0 Å². The molecule has 0 aromatic carbocycles.